The Hall–Kier alpha value is -3.83. The van der Waals surface area contributed by atoms with Crippen molar-refractivity contribution in [2.45, 2.75) is 25.1 Å². The highest BCUT2D eigenvalue weighted by Crippen LogP contribution is 2.37. The summed E-state index contributed by atoms with van der Waals surface area (Å²) < 4.78 is 31.3. The zero-order chi connectivity index (χ0) is 25.4. The fourth-order valence-electron chi connectivity index (χ4n) is 4.38. The van der Waals surface area contributed by atoms with Crippen LogP contribution in [0.2, 0.25) is 5.02 Å². The van der Waals surface area contributed by atoms with E-state index in [0.29, 0.717) is 23.8 Å². The number of carbonyl (C=O) groups is 1. The standard InChI is InChI=1S/C24H22ClF2N7O2/c1-16(24(36,13-31-15-28-14-30-31)21-7-4-18(26)10-22(21)27)34-12-20(11-29-34)33-9-8-32(23(33)35)19-5-2-17(25)3-6-19/h2-7,10-12,14-16,36H,8-9,13H2,1H3/t16-,24-/m1/s1. The number of nitrogens with zero attached hydrogens (tertiary/aromatic N) is 7. The predicted molar refractivity (Wildman–Crippen MR) is 129 cm³/mol. The number of rotatable bonds is 7. The highest BCUT2D eigenvalue weighted by Gasteiger charge is 2.41. The molecule has 2 amide bonds. The van der Waals surface area contributed by atoms with Crippen LogP contribution in [0.4, 0.5) is 25.0 Å². The number of hydrogen-bond acceptors (Lipinski definition) is 5. The first-order valence-electron chi connectivity index (χ1n) is 11.2. The molecule has 36 heavy (non-hydrogen) atoms. The van der Waals surface area contributed by atoms with Gasteiger partial charge < -0.3 is 5.11 Å². The van der Waals surface area contributed by atoms with E-state index in [4.69, 9.17) is 11.6 Å². The van der Waals surface area contributed by atoms with Gasteiger partial charge in [-0.15, -0.1) is 0 Å². The molecule has 12 heteroatoms. The summed E-state index contributed by atoms with van der Waals surface area (Å²) in [5, 5.41) is 20.7. The zero-order valence-corrected chi connectivity index (χ0v) is 19.9. The van der Waals surface area contributed by atoms with E-state index >= 15 is 0 Å². The topological polar surface area (TPSA) is 92.3 Å². The van der Waals surface area contributed by atoms with E-state index in [1.165, 1.54) is 34.3 Å². The van der Waals surface area contributed by atoms with Crippen molar-refractivity contribution in [2.75, 3.05) is 22.9 Å². The maximum atomic E-state index is 14.8. The van der Waals surface area contributed by atoms with Crippen LogP contribution in [0.25, 0.3) is 0 Å². The minimum absolute atomic E-state index is 0.116. The lowest BCUT2D eigenvalue weighted by atomic mass is 9.86. The summed E-state index contributed by atoms with van der Waals surface area (Å²) in [5.41, 5.74) is -0.748. The molecule has 2 aromatic carbocycles. The fourth-order valence-corrected chi connectivity index (χ4v) is 4.51. The summed E-state index contributed by atoms with van der Waals surface area (Å²) in [6.07, 6.45) is 5.81. The minimum Gasteiger partial charge on any atom is -0.381 e. The van der Waals surface area contributed by atoms with Gasteiger partial charge >= 0.3 is 6.03 Å². The Bertz CT molecular complexity index is 1380. The molecule has 0 bridgehead atoms. The lowest BCUT2D eigenvalue weighted by Gasteiger charge is -2.34. The van der Waals surface area contributed by atoms with Gasteiger partial charge in [0.25, 0.3) is 0 Å². The Morgan fingerprint density at radius 1 is 1.08 bits per heavy atom. The maximum absolute atomic E-state index is 14.8. The molecule has 9 nitrogen and oxygen atoms in total. The monoisotopic (exact) mass is 513 g/mol. The number of amides is 2. The van der Waals surface area contributed by atoms with Gasteiger partial charge in [-0.25, -0.2) is 23.2 Å². The van der Waals surface area contributed by atoms with Gasteiger partial charge in [0.2, 0.25) is 0 Å². The van der Waals surface area contributed by atoms with Gasteiger partial charge in [-0.05, 0) is 37.3 Å². The van der Waals surface area contributed by atoms with Crippen LogP contribution in [0.3, 0.4) is 0 Å². The molecule has 1 aliphatic rings. The molecular formula is C24H22ClF2N7O2. The van der Waals surface area contributed by atoms with Crippen LogP contribution in [-0.4, -0.2) is 48.8 Å². The second kappa shape index (κ2) is 9.32. The predicted octanol–water partition coefficient (Wildman–Crippen LogP) is 4.00. The van der Waals surface area contributed by atoms with Crippen molar-refractivity contribution in [3.05, 3.63) is 89.7 Å². The van der Waals surface area contributed by atoms with Crippen LogP contribution >= 0.6 is 11.6 Å². The molecule has 0 unspecified atom stereocenters. The lowest BCUT2D eigenvalue weighted by Crippen LogP contribution is -2.41. The van der Waals surface area contributed by atoms with Crippen molar-refractivity contribution in [1.82, 2.24) is 24.5 Å². The van der Waals surface area contributed by atoms with Gasteiger partial charge in [0.05, 0.1) is 24.5 Å². The van der Waals surface area contributed by atoms with Crippen molar-refractivity contribution in [3.63, 3.8) is 0 Å². The van der Waals surface area contributed by atoms with Gasteiger partial charge in [-0.3, -0.25) is 14.5 Å². The highest BCUT2D eigenvalue weighted by molar-refractivity contribution is 6.30. The van der Waals surface area contributed by atoms with Crippen molar-refractivity contribution in [2.24, 2.45) is 0 Å². The van der Waals surface area contributed by atoms with Crippen LogP contribution in [0.5, 0.6) is 0 Å². The summed E-state index contributed by atoms with van der Waals surface area (Å²) in [4.78, 5) is 20.2. The van der Waals surface area contributed by atoms with Gasteiger partial charge in [0.15, 0.2) is 0 Å². The molecule has 2 aromatic heterocycles. The fraction of sp³-hybridized carbons (Fsp3) is 0.250. The second-order valence-electron chi connectivity index (χ2n) is 8.56. The molecule has 1 saturated heterocycles. The Morgan fingerprint density at radius 3 is 2.47 bits per heavy atom. The smallest absolute Gasteiger partial charge is 0.329 e. The third-order valence-electron chi connectivity index (χ3n) is 6.40. The van der Waals surface area contributed by atoms with E-state index in [-0.39, 0.29) is 18.1 Å². The van der Waals surface area contributed by atoms with Crippen molar-refractivity contribution in [1.29, 1.82) is 0 Å². The van der Waals surface area contributed by atoms with Crippen LogP contribution in [0, 0.1) is 11.6 Å². The number of aromatic nitrogens is 5. The summed E-state index contributed by atoms with van der Waals surface area (Å²) in [6, 6.07) is 8.93. The van der Waals surface area contributed by atoms with E-state index in [1.807, 2.05) is 0 Å². The maximum Gasteiger partial charge on any atom is 0.329 e. The number of halogens is 3. The molecular weight excluding hydrogens is 492 g/mol. The summed E-state index contributed by atoms with van der Waals surface area (Å²) >= 11 is 5.96. The molecule has 0 spiro atoms. The molecule has 2 atom stereocenters. The average Bonchev–Trinajstić information content (AvgIpc) is 3.60. The Balaban J connectivity index is 1.44. The SMILES string of the molecule is C[C@@H](n1cc(N2CCN(c3ccc(Cl)cc3)C2=O)cn1)[C@](O)(Cn1cncn1)c1ccc(F)cc1F. The number of anilines is 2. The third kappa shape index (κ3) is 4.31. The number of carbonyl (C=O) groups excluding carboxylic acids is 1. The number of benzene rings is 2. The molecule has 186 valence electrons. The summed E-state index contributed by atoms with van der Waals surface area (Å²) in [6.45, 7) is 2.39. The molecule has 1 aliphatic heterocycles. The van der Waals surface area contributed by atoms with Crippen molar-refractivity contribution < 1.29 is 18.7 Å². The average molecular weight is 514 g/mol. The minimum atomic E-state index is -1.88. The van der Waals surface area contributed by atoms with Crippen LogP contribution < -0.4 is 9.80 Å². The molecule has 0 radical (unpaired) electrons. The first-order valence-corrected chi connectivity index (χ1v) is 11.5. The molecule has 5 rings (SSSR count). The highest BCUT2D eigenvalue weighted by atomic mass is 35.5. The first kappa shape index (κ1) is 23.9. The molecule has 1 N–H and O–H groups in total. The van der Waals surface area contributed by atoms with Gasteiger partial charge in [-0.1, -0.05) is 17.7 Å². The first-order chi connectivity index (χ1) is 17.3. The number of urea groups is 1. The molecule has 1 fully saturated rings. The van der Waals surface area contributed by atoms with Crippen LogP contribution in [0.15, 0.2) is 67.5 Å². The van der Waals surface area contributed by atoms with Crippen LogP contribution in [-0.2, 0) is 12.1 Å². The third-order valence-corrected chi connectivity index (χ3v) is 6.65. The van der Waals surface area contributed by atoms with E-state index < -0.39 is 23.3 Å². The zero-order valence-electron chi connectivity index (χ0n) is 19.2. The summed E-state index contributed by atoms with van der Waals surface area (Å²) in [7, 11) is 0. The van der Waals surface area contributed by atoms with Crippen molar-refractivity contribution in [3.8, 4) is 0 Å². The van der Waals surface area contributed by atoms with E-state index in [2.05, 4.69) is 15.2 Å². The van der Waals surface area contributed by atoms with Crippen molar-refractivity contribution >= 4 is 29.0 Å². The quantitative estimate of drug-likeness (QED) is 0.403. The molecule has 3 heterocycles. The van der Waals surface area contributed by atoms with Crippen LogP contribution in [0.1, 0.15) is 18.5 Å². The Labute approximate surface area is 210 Å². The van der Waals surface area contributed by atoms with Gasteiger partial charge in [0, 0.05) is 41.6 Å². The largest absolute Gasteiger partial charge is 0.381 e. The Morgan fingerprint density at radius 2 is 1.81 bits per heavy atom. The van der Waals surface area contributed by atoms with E-state index in [1.54, 1.807) is 47.2 Å². The van der Waals surface area contributed by atoms with E-state index in [9.17, 15) is 18.7 Å². The number of aliphatic hydroxyl groups is 1. The molecule has 0 saturated carbocycles. The van der Waals surface area contributed by atoms with Gasteiger partial charge in [0.1, 0.15) is 29.9 Å². The Kier molecular flexibility index (Phi) is 6.19. The molecule has 4 aromatic rings. The van der Waals surface area contributed by atoms with Gasteiger partial charge in [-0.2, -0.15) is 10.2 Å². The summed E-state index contributed by atoms with van der Waals surface area (Å²) in [5.74, 6) is -1.66. The van der Waals surface area contributed by atoms with E-state index in [0.717, 1.165) is 17.8 Å². The lowest BCUT2D eigenvalue weighted by molar-refractivity contribution is -0.0368. The second-order valence-corrected chi connectivity index (χ2v) is 8.99. The normalized spacial score (nSPS) is 16.4. The number of hydrogen-bond donors (Lipinski definition) is 1. The molecule has 0 aliphatic carbocycles.